The van der Waals surface area contributed by atoms with Gasteiger partial charge in [0.1, 0.15) is 6.10 Å². The number of carbonyl (C=O) groups excluding carboxylic acids is 1. The summed E-state index contributed by atoms with van der Waals surface area (Å²) in [7, 11) is 0. The summed E-state index contributed by atoms with van der Waals surface area (Å²) in [4.78, 5) is 12.0. The van der Waals surface area contributed by atoms with Crippen LogP contribution in [0.25, 0.3) is 0 Å². The van der Waals surface area contributed by atoms with E-state index >= 15 is 0 Å². The zero-order valence-corrected chi connectivity index (χ0v) is 13.0. The predicted molar refractivity (Wildman–Crippen MR) is 80.4 cm³/mol. The van der Waals surface area contributed by atoms with Gasteiger partial charge in [0.15, 0.2) is 0 Å². The van der Waals surface area contributed by atoms with E-state index < -0.39 is 0 Å². The van der Waals surface area contributed by atoms with Gasteiger partial charge in [0, 0.05) is 12.6 Å². The van der Waals surface area contributed by atoms with Crippen molar-refractivity contribution in [3.63, 3.8) is 0 Å². The number of nitrogens with two attached hydrogens (primary N) is 1. The lowest BCUT2D eigenvalue weighted by molar-refractivity contribution is -0.150. The van der Waals surface area contributed by atoms with Crippen LogP contribution in [0.15, 0.2) is 0 Å². The second-order valence-electron chi connectivity index (χ2n) is 6.66. The van der Waals surface area contributed by atoms with Crippen molar-refractivity contribution in [2.75, 3.05) is 6.54 Å². The second kappa shape index (κ2) is 6.90. The first-order valence-corrected chi connectivity index (χ1v) is 8.27. The first-order chi connectivity index (χ1) is 9.58. The fourth-order valence-electron chi connectivity index (χ4n) is 3.25. The zero-order chi connectivity index (χ0) is 14.6. The van der Waals surface area contributed by atoms with Gasteiger partial charge < -0.3 is 15.8 Å². The third-order valence-electron chi connectivity index (χ3n) is 4.81. The van der Waals surface area contributed by atoms with Crippen molar-refractivity contribution in [3.05, 3.63) is 0 Å². The fourth-order valence-corrected chi connectivity index (χ4v) is 3.25. The lowest BCUT2D eigenvalue weighted by Gasteiger charge is -2.40. The topological polar surface area (TPSA) is 64.3 Å². The number of nitrogens with one attached hydrogen (secondary N) is 1. The van der Waals surface area contributed by atoms with Gasteiger partial charge in [-0.1, -0.05) is 19.8 Å². The molecule has 20 heavy (non-hydrogen) atoms. The molecule has 2 aliphatic carbocycles. The molecule has 0 aromatic heterocycles. The number of amides is 1. The summed E-state index contributed by atoms with van der Waals surface area (Å²) in [5.41, 5.74) is 5.69. The molecule has 4 heteroatoms. The Morgan fingerprint density at radius 3 is 2.50 bits per heavy atom. The molecule has 2 rings (SSSR count). The maximum atomic E-state index is 12.0. The Hall–Kier alpha value is -0.610. The predicted octanol–water partition coefficient (Wildman–Crippen LogP) is 2.36. The number of carbonyl (C=O) groups is 1. The molecule has 2 saturated carbocycles. The van der Waals surface area contributed by atoms with Crippen molar-refractivity contribution < 1.29 is 9.53 Å². The lowest BCUT2D eigenvalue weighted by Crippen LogP contribution is -2.49. The molecule has 1 atom stereocenters. The molecule has 0 spiro atoms. The Kier molecular flexibility index (Phi) is 5.44. The molecule has 0 saturated heterocycles. The third kappa shape index (κ3) is 4.19. The largest absolute Gasteiger partial charge is 0.361 e. The molecule has 1 unspecified atom stereocenters. The van der Waals surface area contributed by atoms with Crippen LogP contribution in [-0.4, -0.2) is 30.2 Å². The van der Waals surface area contributed by atoms with E-state index in [2.05, 4.69) is 12.2 Å². The Morgan fingerprint density at radius 2 is 2.00 bits per heavy atom. The van der Waals surface area contributed by atoms with Crippen LogP contribution in [-0.2, 0) is 9.53 Å². The van der Waals surface area contributed by atoms with Crippen molar-refractivity contribution >= 4 is 5.91 Å². The number of hydrogen-bond acceptors (Lipinski definition) is 3. The molecule has 0 heterocycles. The summed E-state index contributed by atoms with van der Waals surface area (Å²) in [6, 6.07) is 0.391. The minimum Gasteiger partial charge on any atom is -0.361 e. The quantitative estimate of drug-likeness (QED) is 0.753. The maximum Gasteiger partial charge on any atom is 0.249 e. The van der Waals surface area contributed by atoms with Gasteiger partial charge in [-0.3, -0.25) is 4.79 Å². The van der Waals surface area contributed by atoms with Crippen LogP contribution >= 0.6 is 0 Å². The number of ether oxygens (including phenoxy) is 1. The minimum atomic E-state index is -0.387. The molecule has 1 amide bonds. The molecular formula is C16H30N2O2. The van der Waals surface area contributed by atoms with E-state index in [4.69, 9.17) is 10.5 Å². The van der Waals surface area contributed by atoms with Gasteiger partial charge in [-0.2, -0.15) is 0 Å². The summed E-state index contributed by atoms with van der Waals surface area (Å²) < 4.78 is 6.11. The number of hydrogen-bond donors (Lipinski definition) is 2. The average molecular weight is 282 g/mol. The second-order valence-corrected chi connectivity index (χ2v) is 6.66. The molecule has 2 fully saturated rings. The molecule has 3 N–H and O–H groups in total. The molecule has 0 aromatic carbocycles. The van der Waals surface area contributed by atoms with E-state index in [9.17, 15) is 4.79 Å². The molecule has 2 aliphatic rings. The van der Waals surface area contributed by atoms with Crippen LogP contribution in [0.2, 0.25) is 0 Å². The van der Waals surface area contributed by atoms with Crippen LogP contribution in [0.4, 0.5) is 0 Å². The van der Waals surface area contributed by atoms with Crippen LogP contribution < -0.4 is 11.1 Å². The Morgan fingerprint density at radius 1 is 1.35 bits per heavy atom. The summed E-state index contributed by atoms with van der Waals surface area (Å²) >= 11 is 0. The summed E-state index contributed by atoms with van der Waals surface area (Å²) in [6.45, 7) is 4.62. The molecule has 0 radical (unpaired) electrons. The van der Waals surface area contributed by atoms with Crippen LogP contribution in [0, 0.1) is 5.92 Å². The molecule has 0 bridgehead atoms. The fraction of sp³-hybridized carbons (Fsp3) is 0.938. The molecular weight excluding hydrogens is 252 g/mol. The van der Waals surface area contributed by atoms with E-state index in [1.54, 1.807) is 0 Å². The van der Waals surface area contributed by atoms with Crippen molar-refractivity contribution in [1.82, 2.24) is 5.32 Å². The van der Waals surface area contributed by atoms with Crippen molar-refractivity contribution in [1.29, 1.82) is 0 Å². The van der Waals surface area contributed by atoms with Gasteiger partial charge >= 0.3 is 0 Å². The normalized spacial score (nSPS) is 31.9. The van der Waals surface area contributed by atoms with Gasteiger partial charge in [-0.15, -0.1) is 0 Å². The average Bonchev–Trinajstić information content (AvgIpc) is 3.25. The van der Waals surface area contributed by atoms with Crippen LogP contribution in [0.1, 0.15) is 65.2 Å². The van der Waals surface area contributed by atoms with Crippen molar-refractivity contribution in [3.8, 4) is 0 Å². The monoisotopic (exact) mass is 282 g/mol. The Labute approximate surface area is 122 Å². The summed E-state index contributed by atoms with van der Waals surface area (Å²) in [6.07, 6.45) is 8.74. The van der Waals surface area contributed by atoms with Crippen LogP contribution in [0.3, 0.4) is 0 Å². The van der Waals surface area contributed by atoms with Crippen LogP contribution in [0.5, 0.6) is 0 Å². The van der Waals surface area contributed by atoms with Gasteiger partial charge in [0.25, 0.3) is 0 Å². The standard InChI is InChI=1S/C16H30N2O2/c1-3-4-13-7-9-16(11-17,10-8-13)20-12(2)15(19)18-14-5-6-14/h12-14H,3-11,17H2,1-2H3,(H,18,19). The third-order valence-corrected chi connectivity index (χ3v) is 4.81. The highest BCUT2D eigenvalue weighted by molar-refractivity contribution is 5.80. The SMILES string of the molecule is CCCC1CCC(CN)(OC(C)C(=O)NC2CC2)CC1. The van der Waals surface area contributed by atoms with E-state index in [0.717, 1.165) is 31.6 Å². The molecule has 4 nitrogen and oxygen atoms in total. The summed E-state index contributed by atoms with van der Waals surface area (Å²) in [5, 5.41) is 3.01. The van der Waals surface area contributed by atoms with E-state index in [1.807, 2.05) is 6.92 Å². The van der Waals surface area contributed by atoms with E-state index in [-0.39, 0.29) is 17.6 Å². The first-order valence-electron chi connectivity index (χ1n) is 8.27. The molecule has 116 valence electrons. The Bertz CT molecular complexity index is 320. The van der Waals surface area contributed by atoms with Crippen molar-refractivity contribution in [2.24, 2.45) is 11.7 Å². The maximum absolute atomic E-state index is 12.0. The van der Waals surface area contributed by atoms with Gasteiger partial charge in [-0.25, -0.2) is 0 Å². The zero-order valence-electron chi connectivity index (χ0n) is 13.0. The smallest absolute Gasteiger partial charge is 0.249 e. The van der Waals surface area contributed by atoms with Gasteiger partial charge in [0.05, 0.1) is 5.60 Å². The van der Waals surface area contributed by atoms with E-state index in [1.165, 1.54) is 25.7 Å². The Balaban J connectivity index is 1.82. The van der Waals surface area contributed by atoms with Gasteiger partial charge in [0.2, 0.25) is 5.91 Å². The first kappa shape index (κ1) is 15.8. The minimum absolute atomic E-state index is 0.0241. The highest BCUT2D eigenvalue weighted by Crippen LogP contribution is 2.37. The lowest BCUT2D eigenvalue weighted by atomic mass is 9.77. The molecule has 0 aliphatic heterocycles. The van der Waals surface area contributed by atoms with Gasteiger partial charge in [-0.05, 0) is 51.4 Å². The summed E-state index contributed by atoms with van der Waals surface area (Å²) in [5.74, 6) is 0.842. The van der Waals surface area contributed by atoms with E-state index in [0.29, 0.717) is 12.6 Å². The molecule has 0 aromatic rings. The van der Waals surface area contributed by atoms with Crippen molar-refractivity contribution in [2.45, 2.75) is 83.0 Å². The highest BCUT2D eigenvalue weighted by atomic mass is 16.5. The number of rotatable bonds is 7. The highest BCUT2D eigenvalue weighted by Gasteiger charge is 2.38.